The predicted octanol–water partition coefficient (Wildman–Crippen LogP) is 33.7. The number of rotatable bonds is 14. The molecule has 4 aliphatic rings. The average Bonchev–Trinajstić information content (AvgIpc) is 1.48. The highest BCUT2D eigenvalue weighted by Gasteiger charge is 2.51. The first kappa shape index (κ1) is 47.2. The van der Waals surface area contributed by atoms with Gasteiger partial charge in [-0.05, 0) is 220 Å². The van der Waals surface area contributed by atoms with Crippen LogP contribution < -0.4 is 18.3 Å². The summed E-state index contributed by atoms with van der Waals surface area (Å²) in [6.07, 6.45) is -0.736. The summed E-state index contributed by atoms with van der Waals surface area (Å²) in [5.41, 5.74) is -8.02. The zero-order valence-electron chi connectivity index (χ0n) is 147. The lowest BCUT2D eigenvalue weighted by Gasteiger charge is -2.39. The van der Waals surface area contributed by atoms with Gasteiger partial charge in [-0.15, -0.1) is 0 Å². The standard InChI is InChI=1S/C37H43N2O.C35H39N2O.C31H31N2O.C31H30NO/c1-21(2)18-37(19-22(3)4)31-13-11-10-12-26(31)29-16-30-27-15-14-24(7)33(34(27)40-36(30)38-35(29)37)32-17-28(23(5)6)25(8)20-39(32)9;1-19(2)26-17-30(37(9)18-23(26)8)31-22(7)14-15-25-28-16-27-24-12-10-11-13-29(24)35(20(3)4,21(5)6)33(27)36-34(28)38-32(25)31;1-17(2)22-14-25(33(7)16-19(22)4)26-18(3)12-13-21-27-28-23(15-32-30(27)34-29(21)26)20-10-8-9-11-24(20)31(28,5)6;1-18(2)20-15-16-32(6)26(17-20)27-19(3)11-12-21-22-13-14-25-28(30(22)33-29(21)27)23-9-7-8-10-24(23)31(25,4)5/h10-17,20-23H,18-19H2,1-9H3;10-21H,1-9H3;8-17H,1-7H3;7-18H,1-6H3/q4*+1/i1D3,3D3,5D3,6D3,8D3,18D2,19D2,21D,22D,23D;1D3,2D3,3D3,4D3,5D3,8D3,19D,20D,21D;1D3,2D3,4D3,5D3,6D3,17D;4D3,5D3,18D. The maximum atomic E-state index is 9.67. The minimum atomic E-state index is -3.75. The van der Waals surface area contributed by atoms with Crippen LogP contribution in [0.25, 0.3) is 178 Å². The van der Waals surface area contributed by atoms with Crippen molar-refractivity contribution in [1.29, 1.82) is 0 Å². The molecule has 24 rings (SSSR count). The second kappa shape index (κ2) is 35.9. The maximum Gasteiger partial charge on any atom is 0.227 e. The Labute approximate surface area is 949 Å². The highest BCUT2D eigenvalue weighted by molar-refractivity contribution is 6.17. The van der Waals surface area contributed by atoms with E-state index in [0.717, 1.165) is 90.7 Å². The fraction of sp³-hybridized carbons (Fsp3) is 0.336. The highest BCUT2D eigenvalue weighted by atomic mass is 16.4. The number of benzene rings is 9. The molecule has 0 N–H and O–H groups in total. The first-order valence-corrected chi connectivity index (χ1v) is 46.6. The van der Waals surface area contributed by atoms with Crippen molar-refractivity contribution in [3.05, 3.63) is 337 Å². The Morgan fingerprint density at radius 3 is 1.23 bits per heavy atom. The van der Waals surface area contributed by atoms with Crippen LogP contribution in [0.2, 0.25) is 0 Å². The van der Waals surface area contributed by atoms with E-state index in [2.05, 4.69) is 9.97 Å². The molecule has 0 saturated heterocycles. The molecule has 0 spiro atoms. The van der Waals surface area contributed by atoms with Crippen LogP contribution in [0.4, 0.5) is 0 Å². The Bertz CT molecular complexity index is 11600. The van der Waals surface area contributed by atoms with Crippen LogP contribution in [0.3, 0.4) is 0 Å². The summed E-state index contributed by atoms with van der Waals surface area (Å²) in [5, 5.41) is 3.08. The van der Waals surface area contributed by atoms with Crippen LogP contribution in [0.5, 0.6) is 0 Å². The lowest BCUT2D eigenvalue weighted by Crippen LogP contribution is -2.38. The topological polar surface area (TPSA) is 107 Å². The monoisotopic (exact) mass is 1980 g/mol. The van der Waals surface area contributed by atoms with E-state index in [1.807, 2.05) is 62.8 Å². The summed E-state index contributed by atoms with van der Waals surface area (Å²) in [4.78, 5) is 13.9. The van der Waals surface area contributed by atoms with Crippen molar-refractivity contribution in [2.24, 2.45) is 51.8 Å². The van der Waals surface area contributed by atoms with Crippen LogP contribution in [0.1, 0.15) is 370 Å². The number of aromatic nitrogens is 7. The van der Waals surface area contributed by atoms with Crippen molar-refractivity contribution >= 4 is 88.1 Å². The lowest BCUT2D eigenvalue weighted by molar-refractivity contribution is -0.660. The largest absolute Gasteiger partial charge is 0.454 e. The molecular formula is C134H143N7O4+4. The number of nitrogens with zero attached hydrogens (tertiary/aromatic N) is 7. The van der Waals surface area contributed by atoms with E-state index in [4.69, 9.17) is 105 Å². The highest BCUT2D eigenvalue weighted by Crippen LogP contribution is 2.61. The Kier molecular flexibility index (Phi) is 11.7. The molecule has 734 valence electrons. The van der Waals surface area contributed by atoms with Gasteiger partial charge in [-0.1, -0.05) is 295 Å². The Morgan fingerprint density at radius 1 is 0.338 bits per heavy atom. The fourth-order valence-electron chi connectivity index (χ4n) is 21.9. The smallest absolute Gasteiger partial charge is 0.227 e. The van der Waals surface area contributed by atoms with E-state index in [9.17, 15) is 8.22 Å². The summed E-state index contributed by atoms with van der Waals surface area (Å²) in [6, 6.07) is 51.8. The SMILES string of the molecule is [2H]C(C)(C)c1cc[n+](C)c(-c2c(C)ccc3c2oc2c4c(ccc23)C(C([2H])([2H])[2H])(C([2H])([2H])[2H])c2ccccc2-4)c1.[2H]C([2H])([2H])c1c[n+](C)c(-c2c(C)ccc3c2oc2nc4c(cc23)-c2ccccc2C4(C([2H])(C)C([2H])([2H])[2H])C([2H])(C([2H])([2H])[2H])C([2H])([2H])[2H])cc1C([2H])(C([2H])([2H])[2H])C([2H])([2H])[2H].[2H]C([2H])([2H])c1c[n+](C)c(-c2c(C)ccc3c2oc2nc4c(cc23)-c2ccccc2C4(C([2H])([2H])C([2H])(C)C([2H])([2H])[2H])C([2H])([2H])C([2H])(C)C([2H])([2H])[2H])cc1C([2H])(C([2H])([2H])[2H])C([2H])([2H])[2H].[2H]C([2H])([2H])c1c[n+](C)c(-c2c(C)ccc3c2oc2ncc4c(c23)C(C([2H])([2H])[2H])(C([2H])([2H])[2H])c2ccccc2-4)cc1C([2H])(C([2H])([2H])[2H])C([2H])([2H])[2H]. The minimum absolute atomic E-state index is 0.00447. The molecule has 0 amide bonds. The van der Waals surface area contributed by atoms with Gasteiger partial charge in [0.05, 0.1) is 39.0 Å². The van der Waals surface area contributed by atoms with Crippen LogP contribution in [0.15, 0.2) is 249 Å². The minimum Gasteiger partial charge on any atom is -0.454 e. The number of hydrogen-bond donors (Lipinski definition) is 0. The van der Waals surface area contributed by atoms with E-state index >= 15 is 0 Å². The molecule has 145 heavy (non-hydrogen) atoms. The summed E-state index contributed by atoms with van der Waals surface area (Å²) in [7, 11) is 6.25. The van der Waals surface area contributed by atoms with Gasteiger partial charge in [-0.3, -0.25) is 0 Å². The quantitative estimate of drug-likeness (QED) is 0.0998. The van der Waals surface area contributed by atoms with Crippen molar-refractivity contribution in [2.45, 2.75) is 244 Å². The zero-order valence-corrected chi connectivity index (χ0v) is 81.2. The number of pyridine rings is 7. The number of fused-ring (bicyclic) bond motifs is 26. The molecule has 11 heteroatoms. The molecule has 4 unspecified atom stereocenters. The first-order valence-electron chi connectivity index (χ1n) is 79.6. The van der Waals surface area contributed by atoms with Crippen molar-refractivity contribution in [3.63, 3.8) is 0 Å². The summed E-state index contributed by atoms with van der Waals surface area (Å²) in [5.74, 6) is -24.2. The third-order valence-corrected chi connectivity index (χ3v) is 28.6. The van der Waals surface area contributed by atoms with Gasteiger partial charge in [0.2, 0.25) is 39.9 Å². The second-order valence-corrected chi connectivity index (χ2v) is 38.0. The molecule has 11 nitrogen and oxygen atoms in total. The van der Waals surface area contributed by atoms with Gasteiger partial charge in [0.1, 0.15) is 39.4 Å². The molecule has 11 aromatic heterocycles. The van der Waals surface area contributed by atoms with Crippen LogP contribution in [-0.2, 0) is 49.9 Å². The van der Waals surface area contributed by atoms with Crippen molar-refractivity contribution in [2.75, 3.05) is 0 Å². The van der Waals surface area contributed by atoms with E-state index in [0.29, 0.717) is 60.9 Å². The van der Waals surface area contributed by atoms with E-state index in [1.165, 1.54) is 108 Å². The molecule has 4 atom stereocenters. The van der Waals surface area contributed by atoms with Gasteiger partial charge < -0.3 is 17.7 Å². The van der Waals surface area contributed by atoms with E-state index in [1.54, 1.807) is 112 Å². The van der Waals surface area contributed by atoms with Crippen molar-refractivity contribution < 1.29 is 126 Å². The van der Waals surface area contributed by atoms with Crippen LogP contribution >= 0.6 is 0 Å². The molecule has 0 saturated carbocycles. The van der Waals surface area contributed by atoms with Crippen LogP contribution in [0, 0.1) is 71.8 Å². The fourth-order valence-corrected chi connectivity index (χ4v) is 21.9. The number of aryl methyl sites for hydroxylation is 11. The molecular weight excluding hydrogens is 1770 g/mol. The van der Waals surface area contributed by atoms with Crippen molar-refractivity contribution in [1.82, 2.24) is 15.0 Å². The maximum absolute atomic E-state index is 9.67. The summed E-state index contributed by atoms with van der Waals surface area (Å²) < 4.78 is 593. The number of furan rings is 4. The third kappa shape index (κ3) is 15.2. The summed E-state index contributed by atoms with van der Waals surface area (Å²) in [6.45, 7) is -47.1. The summed E-state index contributed by atoms with van der Waals surface area (Å²) >= 11 is 0. The Hall–Kier alpha value is -13.8. The van der Waals surface area contributed by atoms with Gasteiger partial charge in [-0.25, -0.2) is 33.2 Å². The van der Waals surface area contributed by atoms with Crippen molar-refractivity contribution in [3.8, 4) is 89.5 Å². The molecule has 0 bridgehead atoms. The predicted molar refractivity (Wildman–Crippen MR) is 600 cm³/mol. The van der Waals surface area contributed by atoms with Gasteiger partial charge in [0, 0.05) is 225 Å². The van der Waals surface area contributed by atoms with E-state index < -0.39 is 250 Å². The van der Waals surface area contributed by atoms with Crippen LogP contribution in [-0.4, -0.2) is 15.0 Å². The molecule has 0 aliphatic heterocycles. The van der Waals surface area contributed by atoms with Gasteiger partial charge >= 0.3 is 0 Å². The molecule has 11 heterocycles. The Morgan fingerprint density at radius 2 is 0.745 bits per heavy atom. The average molecular weight is 1980 g/mol. The number of hydrogen-bond acceptors (Lipinski definition) is 7. The molecule has 0 radical (unpaired) electrons. The van der Waals surface area contributed by atoms with E-state index in [-0.39, 0.29) is 145 Å². The second-order valence-electron chi connectivity index (χ2n) is 38.0. The zero-order chi connectivity index (χ0) is 159. The molecule has 4 aliphatic carbocycles. The van der Waals surface area contributed by atoms with Gasteiger partial charge in [0.15, 0.2) is 41.5 Å². The van der Waals surface area contributed by atoms with Gasteiger partial charge in [-0.2, -0.15) is 0 Å². The Balaban J connectivity index is 0.000000155. The molecule has 9 aromatic carbocycles. The first-order chi connectivity index (χ1) is 95.4. The normalized spacial score (nSPS) is 25.6. The molecule has 20 aromatic rings. The van der Waals surface area contributed by atoms with Gasteiger partial charge in [0.25, 0.3) is 0 Å². The lowest BCUT2D eigenvalue weighted by atomic mass is 9.64. The molecule has 0 fully saturated rings. The third-order valence-electron chi connectivity index (χ3n) is 28.6.